The average Bonchev–Trinajstić information content (AvgIpc) is 3.32. The molecule has 4 aromatic rings. The van der Waals surface area contributed by atoms with Gasteiger partial charge in [-0.2, -0.15) is 0 Å². The van der Waals surface area contributed by atoms with Crippen LogP contribution in [0.4, 0.5) is 10.7 Å². The standard InChI is InChI=1S/C25H22N4O2S/c30-23-22(32-25(31)28-23)14-17-10-12-18(13-11-17)15-26-24-27-20-8-4-5-9-21(20)29(24)16-19-6-2-1-3-7-19/h1-13,22H,14-16H2,(H,26,27)(H,28,30,31). The molecule has 1 atom stereocenters. The molecule has 0 aliphatic carbocycles. The fraction of sp³-hybridized carbons (Fsp3) is 0.160. The molecule has 1 unspecified atom stereocenters. The zero-order chi connectivity index (χ0) is 21.9. The minimum absolute atomic E-state index is 0.205. The van der Waals surface area contributed by atoms with Crippen LogP contribution in [-0.4, -0.2) is 25.9 Å². The van der Waals surface area contributed by atoms with Gasteiger partial charge in [-0.25, -0.2) is 4.98 Å². The molecule has 2 heterocycles. The van der Waals surface area contributed by atoms with E-state index >= 15 is 0 Å². The minimum atomic E-state index is -0.343. The summed E-state index contributed by atoms with van der Waals surface area (Å²) in [4.78, 5) is 27.9. The van der Waals surface area contributed by atoms with Gasteiger partial charge in [-0.05, 0) is 35.2 Å². The number of imide groups is 1. The van der Waals surface area contributed by atoms with E-state index in [4.69, 9.17) is 4.98 Å². The number of nitrogens with one attached hydrogen (secondary N) is 2. The first-order chi connectivity index (χ1) is 15.7. The lowest BCUT2D eigenvalue weighted by Gasteiger charge is -2.12. The molecular weight excluding hydrogens is 420 g/mol. The third kappa shape index (κ3) is 4.38. The number of rotatable bonds is 7. The van der Waals surface area contributed by atoms with Crippen molar-refractivity contribution in [3.05, 3.63) is 95.6 Å². The molecule has 1 aliphatic rings. The van der Waals surface area contributed by atoms with Crippen molar-refractivity contribution < 1.29 is 9.59 Å². The molecule has 1 aromatic heterocycles. The van der Waals surface area contributed by atoms with Crippen molar-refractivity contribution in [2.24, 2.45) is 0 Å². The number of fused-ring (bicyclic) bond motifs is 1. The largest absolute Gasteiger partial charge is 0.352 e. The van der Waals surface area contributed by atoms with Gasteiger partial charge in [0, 0.05) is 6.54 Å². The summed E-state index contributed by atoms with van der Waals surface area (Å²) in [7, 11) is 0. The number of hydrogen-bond acceptors (Lipinski definition) is 5. The minimum Gasteiger partial charge on any atom is -0.352 e. The number of imidazole rings is 1. The third-order valence-electron chi connectivity index (χ3n) is 5.50. The van der Waals surface area contributed by atoms with Crippen LogP contribution < -0.4 is 10.6 Å². The van der Waals surface area contributed by atoms with Crippen LogP contribution in [-0.2, 0) is 24.3 Å². The molecule has 2 N–H and O–H groups in total. The predicted octanol–water partition coefficient (Wildman–Crippen LogP) is 4.59. The maximum absolute atomic E-state index is 11.8. The van der Waals surface area contributed by atoms with Gasteiger partial charge in [-0.1, -0.05) is 78.5 Å². The first-order valence-electron chi connectivity index (χ1n) is 10.5. The SMILES string of the molecule is O=C1NC(=O)C(Cc2ccc(CNc3nc4ccccc4n3Cc3ccccc3)cc2)S1. The number of nitrogens with zero attached hydrogens (tertiary/aromatic N) is 2. The molecule has 32 heavy (non-hydrogen) atoms. The van der Waals surface area contributed by atoms with Gasteiger partial charge in [-0.15, -0.1) is 0 Å². The van der Waals surface area contributed by atoms with Crippen molar-refractivity contribution in [1.82, 2.24) is 14.9 Å². The van der Waals surface area contributed by atoms with Crippen LogP contribution >= 0.6 is 11.8 Å². The Morgan fingerprint density at radius 3 is 2.34 bits per heavy atom. The Bertz CT molecular complexity index is 1270. The van der Waals surface area contributed by atoms with Gasteiger partial charge in [0.1, 0.15) is 0 Å². The molecule has 1 aliphatic heterocycles. The van der Waals surface area contributed by atoms with Crippen molar-refractivity contribution in [3.8, 4) is 0 Å². The molecule has 0 bridgehead atoms. The molecule has 7 heteroatoms. The van der Waals surface area contributed by atoms with E-state index < -0.39 is 0 Å². The van der Waals surface area contributed by atoms with Crippen molar-refractivity contribution in [2.75, 3.05) is 5.32 Å². The van der Waals surface area contributed by atoms with Crippen LogP contribution in [0.2, 0.25) is 0 Å². The predicted molar refractivity (Wildman–Crippen MR) is 128 cm³/mol. The Balaban J connectivity index is 1.30. The maximum atomic E-state index is 11.8. The molecule has 2 amide bonds. The first kappa shape index (κ1) is 20.3. The van der Waals surface area contributed by atoms with Crippen molar-refractivity contribution in [3.63, 3.8) is 0 Å². The number of thioether (sulfide) groups is 1. The molecule has 5 rings (SSSR count). The van der Waals surface area contributed by atoms with Gasteiger partial charge in [0.05, 0.1) is 22.8 Å². The summed E-state index contributed by atoms with van der Waals surface area (Å²) in [5.74, 6) is 0.625. The Morgan fingerprint density at radius 1 is 0.875 bits per heavy atom. The highest BCUT2D eigenvalue weighted by Crippen LogP contribution is 2.24. The molecule has 0 spiro atoms. The number of para-hydroxylation sites is 2. The van der Waals surface area contributed by atoms with Gasteiger partial charge in [0.2, 0.25) is 11.9 Å². The zero-order valence-corrected chi connectivity index (χ0v) is 18.1. The summed E-state index contributed by atoms with van der Waals surface area (Å²) in [5.41, 5.74) is 5.42. The highest BCUT2D eigenvalue weighted by molar-refractivity contribution is 8.15. The highest BCUT2D eigenvalue weighted by atomic mass is 32.2. The third-order valence-corrected chi connectivity index (χ3v) is 6.48. The molecule has 6 nitrogen and oxygen atoms in total. The molecule has 1 saturated heterocycles. The normalized spacial score (nSPS) is 15.8. The summed E-state index contributed by atoms with van der Waals surface area (Å²) in [6.07, 6.45) is 0.544. The van der Waals surface area contributed by atoms with Crippen LogP contribution in [0.25, 0.3) is 11.0 Å². The van der Waals surface area contributed by atoms with Gasteiger partial charge >= 0.3 is 0 Å². The van der Waals surface area contributed by atoms with Gasteiger partial charge in [-0.3, -0.25) is 14.9 Å². The number of carbonyl (C=O) groups is 2. The molecule has 0 saturated carbocycles. The second kappa shape index (κ2) is 8.88. The van der Waals surface area contributed by atoms with E-state index in [9.17, 15) is 9.59 Å². The average molecular weight is 443 g/mol. The van der Waals surface area contributed by atoms with E-state index in [1.54, 1.807) is 0 Å². The van der Waals surface area contributed by atoms with Crippen LogP contribution in [0.5, 0.6) is 0 Å². The van der Waals surface area contributed by atoms with E-state index in [1.165, 1.54) is 5.56 Å². The second-order valence-electron chi connectivity index (χ2n) is 7.75. The monoisotopic (exact) mass is 442 g/mol. The molecular formula is C25H22N4O2S. The molecule has 0 radical (unpaired) electrons. The van der Waals surface area contributed by atoms with Crippen LogP contribution in [0.3, 0.4) is 0 Å². The first-order valence-corrected chi connectivity index (χ1v) is 11.4. The number of anilines is 1. The fourth-order valence-corrected chi connectivity index (χ4v) is 4.71. The fourth-order valence-electron chi connectivity index (χ4n) is 3.85. The van der Waals surface area contributed by atoms with Gasteiger partial charge in [0.15, 0.2) is 0 Å². The van der Waals surface area contributed by atoms with E-state index in [-0.39, 0.29) is 16.4 Å². The molecule has 3 aromatic carbocycles. The number of carbonyl (C=O) groups excluding carboxylic acids is 2. The van der Waals surface area contributed by atoms with E-state index in [0.717, 1.165) is 46.4 Å². The van der Waals surface area contributed by atoms with Crippen molar-refractivity contribution in [1.29, 1.82) is 0 Å². The summed E-state index contributed by atoms with van der Waals surface area (Å²) in [6.45, 7) is 1.37. The number of hydrogen-bond donors (Lipinski definition) is 2. The summed E-state index contributed by atoms with van der Waals surface area (Å²) in [6, 6.07) is 26.6. The van der Waals surface area contributed by atoms with E-state index in [0.29, 0.717) is 13.0 Å². The zero-order valence-electron chi connectivity index (χ0n) is 17.3. The Morgan fingerprint density at radius 2 is 1.59 bits per heavy atom. The molecule has 160 valence electrons. The highest BCUT2D eigenvalue weighted by Gasteiger charge is 2.31. The number of benzene rings is 3. The Hall–Kier alpha value is -3.58. The lowest BCUT2D eigenvalue weighted by atomic mass is 10.1. The van der Waals surface area contributed by atoms with E-state index in [2.05, 4.69) is 33.4 Å². The molecule has 1 fully saturated rings. The summed E-state index contributed by atoms with van der Waals surface area (Å²) >= 11 is 1.06. The summed E-state index contributed by atoms with van der Waals surface area (Å²) in [5, 5.41) is 5.21. The van der Waals surface area contributed by atoms with Crippen molar-refractivity contribution in [2.45, 2.75) is 24.8 Å². The summed E-state index contributed by atoms with van der Waals surface area (Å²) < 4.78 is 2.20. The quantitative estimate of drug-likeness (QED) is 0.438. The van der Waals surface area contributed by atoms with Gasteiger partial charge in [0.25, 0.3) is 5.24 Å². The lowest BCUT2D eigenvalue weighted by Crippen LogP contribution is -2.25. The maximum Gasteiger partial charge on any atom is 0.286 e. The topological polar surface area (TPSA) is 76.0 Å². The van der Waals surface area contributed by atoms with Crippen LogP contribution in [0.1, 0.15) is 16.7 Å². The van der Waals surface area contributed by atoms with E-state index in [1.807, 2.05) is 60.7 Å². The number of amides is 2. The van der Waals surface area contributed by atoms with Gasteiger partial charge < -0.3 is 9.88 Å². The lowest BCUT2D eigenvalue weighted by molar-refractivity contribution is -0.118. The Labute approximate surface area is 190 Å². The second-order valence-corrected chi connectivity index (χ2v) is 8.93. The van der Waals surface area contributed by atoms with Crippen LogP contribution in [0.15, 0.2) is 78.9 Å². The Kier molecular flexibility index (Phi) is 5.64. The van der Waals surface area contributed by atoms with Crippen molar-refractivity contribution >= 4 is 39.9 Å². The smallest absolute Gasteiger partial charge is 0.286 e. The number of aromatic nitrogens is 2. The van der Waals surface area contributed by atoms with Crippen LogP contribution in [0, 0.1) is 0 Å².